The smallest absolute Gasteiger partial charge is 0.319 e. The van der Waals surface area contributed by atoms with Crippen LogP contribution in [0.2, 0.25) is 0 Å². The lowest BCUT2D eigenvalue weighted by Crippen LogP contribution is -2.47. The Bertz CT molecular complexity index is 901. The fourth-order valence-electron chi connectivity index (χ4n) is 4.49. The van der Waals surface area contributed by atoms with E-state index < -0.39 is 10.0 Å². The van der Waals surface area contributed by atoms with Crippen LogP contribution in [0.25, 0.3) is 0 Å². The van der Waals surface area contributed by atoms with E-state index in [2.05, 4.69) is 5.32 Å². The number of piperidine rings is 1. The number of benzene rings is 1. The molecule has 3 fully saturated rings. The molecule has 3 aliphatic rings. The summed E-state index contributed by atoms with van der Waals surface area (Å²) >= 11 is 0. The van der Waals surface area contributed by atoms with Gasteiger partial charge in [0.1, 0.15) is 0 Å². The van der Waals surface area contributed by atoms with E-state index in [4.69, 9.17) is 4.74 Å². The number of urea groups is 1. The Hall–Kier alpha value is -2.17. The van der Waals surface area contributed by atoms with Crippen molar-refractivity contribution < 1.29 is 22.7 Å². The first-order chi connectivity index (χ1) is 15.4. The Labute approximate surface area is 189 Å². The van der Waals surface area contributed by atoms with E-state index in [1.807, 2.05) is 9.80 Å². The van der Waals surface area contributed by atoms with Crippen LogP contribution in [0.1, 0.15) is 31.2 Å². The molecule has 0 radical (unpaired) electrons. The van der Waals surface area contributed by atoms with Crippen molar-refractivity contribution in [3.05, 3.63) is 29.8 Å². The monoisotopic (exact) mass is 464 g/mol. The van der Waals surface area contributed by atoms with Gasteiger partial charge in [0.2, 0.25) is 15.9 Å². The summed E-state index contributed by atoms with van der Waals surface area (Å²) in [4.78, 5) is 29.1. The molecule has 4 rings (SSSR count). The van der Waals surface area contributed by atoms with Gasteiger partial charge < -0.3 is 19.9 Å². The van der Waals surface area contributed by atoms with E-state index in [1.54, 1.807) is 24.3 Å². The number of hydrogen-bond donors (Lipinski definition) is 1. The molecule has 0 aromatic heterocycles. The van der Waals surface area contributed by atoms with Crippen molar-refractivity contribution in [2.75, 3.05) is 52.5 Å². The highest BCUT2D eigenvalue weighted by atomic mass is 32.2. The summed E-state index contributed by atoms with van der Waals surface area (Å²) in [5.41, 5.74) is 0.848. The van der Waals surface area contributed by atoms with Gasteiger partial charge in [-0.3, -0.25) is 4.79 Å². The minimum Gasteiger partial charge on any atom is -0.379 e. The van der Waals surface area contributed by atoms with Crippen molar-refractivity contribution in [2.45, 2.75) is 37.1 Å². The summed E-state index contributed by atoms with van der Waals surface area (Å²) in [6.07, 6.45) is 3.49. The van der Waals surface area contributed by atoms with Gasteiger partial charge in [-0.25, -0.2) is 13.2 Å². The van der Waals surface area contributed by atoms with Crippen LogP contribution in [0.15, 0.2) is 29.2 Å². The highest BCUT2D eigenvalue weighted by molar-refractivity contribution is 7.89. The number of morpholine rings is 1. The Morgan fingerprint density at radius 3 is 2.12 bits per heavy atom. The van der Waals surface area contributed by atoms with Gasteiger partial charge in [0.15, 0.2) is 0 Å². The highest BCUT2D eigenvalue weighted by Gasteiger charge is 2.30. The Morgan fingerprint density at radius 2 is 1.50 bits per heavy atom. The average Bonchev–Trinajstić information content (AvgIpc) is 3.38. The van der Waals surface area contributed by atoms with Gasteiger partial charge in [0.25, 0.3) is 0 Å². The number of carbonyl (C=O) groups excluding carboxylic acids is 2. The van der Waals surface area contributed by atoms with Gasteiger partial charge in [-0.05, 0) is 43.4 Å². The predicted octanol–water partition coefficient (Wildman–Crippen LogP) is 1.25. The maximum atomic E-state index is 12.7. The van der Waals surface area contributed by atoms with E-state index in [0.29, 0.717) is 58.8 Å². The van der Waals surface area contributed by atoms with Gasteiger partial charge in [0, 0.05) is 51.7 Å². The minimum absolute atomic E-state index is 0.0108. The lowest BCUT2D eigenvalue weighted by atomic mass is 9.96. The number of nitrogens with zero attached hydrogens (tertiary/aromatic N) is 3. The molecule has 1 aromatic rings. The molecule has 9 nitrogen and oxygen atoms in total. The SMILES string of the molecule is O=C(NCc1ccc(S(=O)(=O)N2CCOCC2)cc1)C1CCN(C(=O)N2CCCC2)CC1. The molecule has 3 saturated heterocycles. The standard InChI is InChI=1S/C22H32N4O5S/c27-21(19-7-11-25(12-8-19)22(28)24-9-1-2-10-24)23-17-18-3-5-20(6-4-18)32(29,30)26-13-15-31-16-14-26/h3-6,19H,1-2,7-17H2,(H,23,27). The molecule has 0 atom stereocenters. The lowest BCUT2D eigenvalue weighted by Gasteiger charge is -2.34. The van der Waals surface area contributed by atoms with Gasteiger partial charge in [-0.1, -0.05) is 12.1 Å². The number of sulfonamides is 1. The molecule has 3 heterocycles. The van der Waals surface area contributed by atoms with Crippen LogP contribution in [-0.2, 0) is 26.1 Å². The van der Waals surface area contributed by atoms with Crippen molar-refractivity contribution in [3.8, 4) is 0 Å². The fourth-order valence-corrected chi connectivity index (χ4v) is 5.90. The van der Waals surface area contributed by atoms with Crippen molar-refractivity contribution in [1.29, 1.82) is 0 Å². The highest BCUT2D eigenvalue weighted by Crippen LogP contribution is 2.21. The molecule has 1 N–H and O–H groups in total. The van der Waals surface area contributed by atoms with Crippen LogP contribution in [0.4, 0.5) is 4.79 Å². The lowest BCUT2D eigenvalue weighted by molar-refractivity contribution is -0.126. The number of ether oxygens (including phenoxy) is 1. The number of likely N-dealkylation sites (tertiary alicyclic amines) is 2. The fraction of sp³-hybridized carbons (Fsp3) is 0.636. The molecule has 3 amide bonds. The second kappa shape index (κ2) is 10.2. The first-order valence-electron chi connectivity index (χ1n) is 11.4. The van der Waals surface area contributed by atoms with Crippen molar-refractivity contribution in [1.82, 2.24) is 19.4 Å². The number of rotatable bonds is 5. The maximum absolute atomic E-state index is 12.7. The maximum Gasteiger partial charge on any atom is 0.319 e. The quantitative estimate of drug-likeness (QED) is 0.707. The van der Waals surface area contributed by atoms with E-state index >= 15 is 0 Å². The Kier molecular flexibility index (Phi) is 7.32. The summed E-state index contributed by atoms with van der Waals surface area (Å²) in [6, 6.07) is 6.77. The summed E-state index contributed by atoms with van der Waals surface area (Å²) in [5, 5.41) is 2.96. The number of carbonyl (C=O) groups is 2. The summed E-state index contributed by atoms with van der Waals surface area (Å²) in [5.74, 6) is -0.109. The molecule has 0 unspecified atom stereocenters. The van der Waals surface area contributed by atoms with E-state index in [0.717, 1.165) is 31.5 Å². The molecule has 10 heteroatoms. The summed E-state index contributed by atoms with van der Waals surface area (Å²) < 4.78 is 32.1. The number of nitrogens with one attached hydrogen (secondary N) is 1. The molecule has 3 aliphatic heterocycles. The third-order valence-electron chi connectivity index (χ3n) is 6.51. The van der Waals surface area contributed by atoms with Crippen molar-refractivity contribution in [3.63, 3.8) is 0 Å². The zero-order valence-corrected chi connectivity index (χ0v) is 19.2. The molecule has 0 bridgehead atoms. The van der Waals surface area contributed by atoms with Crippen molar-refractivity contribution in [2.24, 2.45) is 5.92 Å². The first kappa shape index (κ1) is 23.0. The summed E-state index contributed by atoms with van der Waals surface area (Å²) in [7, 11) is -3.52. The molecular formula is C22H32N4O5S. The molecule has 32 heavy (non-hydrogen) atoms. The van der Waals surface area contributed by atoms with Gasteiger partial charge >= 0.3 is 6.03 Å². The molecule has 1 aromatic carbocycles. The topological polar surface area (TPSA) is 99.3 Å². The van der Waals surface area contributed by atoms with E-state index in [-0.39, 0.29) is 22.8 Å². The minimum atomic E-state index is -3.52. The van der Waals surface area contributed by atoms with Crippen LogP contribution in [0.3, 0.4) is 0 Å². The molecular weight excluding hydrogens is 432 g/mol. The van der Waals surface area contributed by atoms with Crippen LogP contribution < -0.4 is 5.32 Å². The first-order valence-corrected chi connectivity index (χ1v) is 12.9. The third-order valence-corrected chi connectivity index (χ3v) is 8.42. The number of amides is 3. The zero-order valence-electron chi connectivity index (χ0n) is 18.4. The molecule has 176 valence electrons. The van der Waals surface area contributed by atoms with Crippen LogP contribution in [0, 0.1) is 5.92 Å². The average molecular weight is 465 g/mol. The normalized spacial score (nSPS) is 21.0. The van der Waals surface area contributed by atoms with Crippen LogP contribution in [0.5, 0.6) is 0 Å². The van der Waals surface area contributed by atoms with Gasteiger partial charge in [0.05, 0.1) is 18.1 Å². The number of hydrogen-bond acceptors (Lipinski definition) is 5. The van der Waals surface area contributed by atoms with Gasteiger partial charge in [-0.15, -0.1) is 0 Å². The van der Waals surface area contributed by atoms with Crippen LogP contribution in [-0.4, -0.2) is 86.9 Å². The third kappa shape index (κ3) is 5.24. The van der Waals surface area contributed by atoms with Crippen molar-refractivity contribution >= 4 is 22.0 Å². The largest absolute Gasteiger partial charge is 0.379 e. The Balaban J connectivity index is 1.24. The summed E-state index contributed by atoms with van der Waals surface area (Å²) in [6.45, 7) is 4.80. The van der Waals surface area contributed by atoms with Gasteiger partial charge in [-0.2, -0.15) is 4.31 Å². The molecule has 0 saturated carbocycles. The predicted molar refractivity (Wildman–Crippen MR) is 118 cm³/mol. The van der Waals surface area contributed by atoms with E-state index in [1.165, 1.54) is 4.31 Å². The second-order valence-electron chi connectivity index (χ2n) is 8.62. The van der Waals surface area contributed by atoms with Crippen LogP contribution >= 0.6 is 0 Å². The Morgan fingerprint density at radius 1 is 0.906 bits per heavy atom. The van der Waals surface area contributed by atoms with E-state index in [9.17, 15) is 18.0 Å². The molecule has 0 spiro atoms. The zero-order chi connectivity index (χ0) is 22.6. The second-order valence-corrected chi connectivity index (χ2v) is 10.6. The molecule has 0 aliphatic carbocycles.